The third-order valence-electron chi connectivity index (χ3n) is 3.69. The van der Waals surface area contributed by atoms with E-state index in [1.54, 1.807) is 12.4 Å². The summed E-state index contributed by atoms with van der Waals surface area (Å²) in [6.07, 6.45) is 5.19. The fraction of sp³-hybridized carbons (Fsp3) is 0.615. The Kier molecular flexibility index (Phi) is 5.09. The average Bonchev–Trinajstić information content (AvgIpc) is 2.48. The molecule has 112 valence electrons. The molecule has 20 heavy (non-hydrogen) atoms. The number of nitrogens with zero attached hydrogens (tertiary/aromatic N) is 2. The second kappa shape index (κ2) is 6.62. The van der Waals surface area contributed by atoms with Crippen molar-refractivity contribution in [1.82, 2.24) is 14.0 Å². The predicted octanol–water partition coefficient (Wildman–Crippen LogP) is 0.648. The monoisotopic (exact) mass is 298 g/mol. The van der Waals surface area contributed by atoms with Gasteiger partial charge in [-0.15, -0.1) is 0 Å². The molecule has 3 N–H and O–H groups in total. The van der Waals surface area contributed by atoms with Crippen molar-refractivity contribution in [3.8, 4) is 0 Å². The zero-order chi connectivity index (χ0) is 14.6. The second-order valence-electron chi connectivity index (χ2n) is 5.23. The van der Waals surface area contributed by atoms with Gasteiger partial charge in [0.15, 0.2) is 0 Å². The number of aromatic nitrogens is 1. The molecule has 0 aromatic carbocycles. The number of nitrogens with one attached hydrogen (secondary N) is 1. The first-order valence-electron chi connectivity index (χ1n) is 6.90. The van der Waals surface area contributed by atoms with E-state index in [0.717, 1.165) is 18.4 Å². The normalized spacial score (nSPS) is 22.6. The third kappa shape index (κ3) is 3.76. The molecule has 1 aromatic heterocycles. The molecule has 2 heterocycles. The molecular weight excluding hydrogens is 276 g/mol. The van der Waals surface area contributed by atoms with Gasteiger partial charge in [0.05, 0.1) is 0 Å². The smallest absolute Gasteiger partial charge is 0.280 e. The van der Waals surface area contributed by atoms with E-state index < -0.39 is 10.2 Å². The Labute approximate surface area is 120 Å². The summed E-state index contributed by atoms with van der Waals surface area (Å²) in [5.41, 5.74) is 6.55. The average molecular weight is 298 g/mol. The molecule has 1 aliphatic heterocycles. The minimum Gasteiger partial charge on any atom is -0.330 e. The summed E-state index contributed by atoms with van der Waals surface area (Å²) in [5.74, 6) is 0.261. The first-order chi connectivity index (χ1) is 9.53. The van der Waals surface area contributed by atoms with Crippen molar-refractivity contribution in [2.24, 2.45) is 11.7 Å². The molecule has 0 saturated carbocycles. The molecule has 1 fully saturated rings. The quantitative estimate of drug-likeness (QED) is 0.835. The Balaban J connectivity index is 2.03. The molecular formula is C13H22N4O2S. The first-order valence-corrected chi connectivity index (χ1v) is 8.34. The van der Waals surface area contributed by atoms with Crippen LogP contribution in [-0.2, 0) is 10.2 Å². The summed E-state index contributed by atoms with van der Waals surface area (Å²) in [7, 11) is -3.47. The summed E-state index contributed by atoms with van der Waals surface area (Å²) >= 11 is 0. The van der Waals surface area contributed by atoms with E-state index in [1.165, 1.54) is 4.31 Å². The Morgan fingerprint density at radius 2 is 2.20 bits per heavy atom. The van der Waals surface area contributed by atoms with Gasteiger partial charge in [0, 0.05) is 31.5 Å². The Morgan fingerprint density at radius 3 is 2.85 bits per heavy atom. The summed E-state index contributed by atoms with van der Waals surface area (Å²) in [6, 6.07) is 3.35. The highest BCUT2D eigenvalue weighted by molar-refractivity contribution is 7.87. The van der Waals surface area contributed by atoms with Gasteiger partial charge in [0.25, 0.3) is 10.2 Å². The highest BCUT2D eigenvalue weighted by Crippen LogP contribution is 2.19. The van der Waals surface area contributed by atoms with Crippen LogP contribution in [0.4, 0.5) is 0 Å². The van der Waals surface area contributed by atoms with Crippen LogP contribution >= 0.6 is 0 Å². The minimum atomic E-state index is -3.47. The van der Waals surface area contributed by atoms with Crippen LogP contribution in [0.3, 0.4) is 0 Å². The SMILES string of the molecule is CC(NS(=O)(=O)N1CCCC(CN)C1)c1ccncc1. The molecule has 1 saturated heterocycles. The molecule has 1 aliphatic rings. The Bertz CT molecular complexity index is 520. The van der Waals surface area contributed by atoms with E-state index >= 15 is 0 Å². The zero-order valence-electron chi connectivity index (χ0n) is 11.7. The highest BCUT2D eigenvalue weighted by atomic mass is 32.2. The van der Waals surface area contributed by atoms with Gasteiger partial charge in [-0.1, -0.05) is 0 Å². The summed E-state index contributed by atoms with van der Waals surface area (Å²) in [4.78, 5) is 3.93. The van der Waals surface area contributed by atoms with E-state index in [4.69, 9.17) is 5.73 Å². The number of nitrogens with two attached hydrogens (primary N) is 1. The van der Waals surface area contributed by atoms with Crippen molar-refractivity contribution in [2.45, 2.75) is 25.8 Å². The number of rotatable bonds is 5. The standard InChI is InChI=1S/C13H22N4O2S/c1-11(13-4-6-15-7-5-13)16-20(18,19)17-8-2-3-12(9-14)10-17/h4-7,11-12,16H,2-3,8-10,14H2,1H3. The highest BCUT2D eigenvalue weighted by Gasteiger charge is 2.29. The van der Waals surface area contributed by atoms with Gasteiger partial charge in [-0.25, -0.2) is 0 Å². The molecule has 0 radical (unpaired) electrons. The lowest BCUT2D eigenvalue weighted by atomic mass is 10.0. The predicted molar refractivity (Wildman–Crippen MR) is 78.1 cm³/mol. The van der Waals surface area contributed by atoms with Crippen LogP contribution in [0.15, 0.2) is 24.5 Å². The zero-order valence-corrected chi connectivity index (χ0v) is 12.5. The van der Waals surface area contributed by atoms with Gasteiger partial charge in [-0.05, 0) is 49.9 Å². The van der Waals surface area contributed by atoms with Crippen LogP contribution in [0.2, 0.25) is 0 Å². The maximum atomic E-state index is 12.4. The number of pyridine rings is 1. The Hall–Kier alpha value is -1.02. The number of hydrogen-bond acceptors (Lipinski definition) is 4. The number of hydrogen-bond donors (Lipinski definition) is 2. The van der Waals surface area contributed by atoms with Crippen LogP contribution in [0.25, 0.3) is 0 Å². The molecule has 2 rings (SSSR count). The lowest BCUT2D eigenvalue weighted by molar-refractivity contribution is 0.267. The fourth-order valence-electron chi connectivity index (χ4n) is 2.46. The van der Waals surface area contributed by atoms with Crippen molar-refractivity contribution in [2.75, 3.05) is 19.6 Å². The van der Waals surface area contributed by atoms with Crippen molar-refractivity contribution < 1.29 is 8.42 Å². The third-order valence-corrected chi connectivity index (χ3v) is 5.35. The van der Waals surface area contributed by atoms with Crippen molar-refractivity contribution in [3.63, 3.8) is 0 Å². The van der Waals surface area contributed by atoms with Gasteiger partial charge >= 0.3 is 0 Å². The molecule has 2 unspecified atom stereocenters. The molecule has 6 nitrogen and oxygen atoms in total. The van der Waals surface area contributed by atoms with Crippen molar-refractivity contribution in [3.05, 3.63) is 30.1 Å². The van der Waals surface area contributed by atoms with E-state index in [2.05, 4.69) is 9.71 Å². The Morgan fingerprint density at radius 1 is 1.50 bits per heavy atom. The van der Waals surface area contributed by atoms with E-state index in [-0.39, 0.29) is 12.0 Å². The summed E-state index contributed by atoms with van der Waals surface area (Å²) < 4.78 is 29.0. The molecule has 2 atom stereocenters. The molecule has 1 aromatic rings. The van der Waals surface area contributed by atoms with E-state index in [1.807, 2.05) is 19.1 Å². The lowest BCUT2D eigenvalue weighted by Crippen LogP contribution is -2.47. The van der Waals surface area contributed by atoms with Crippen LogP contribution in [0.5, 0.6) is 0 Å². The van der Waals surface area contributed by atoms with Crippen LogP contribution in [0, 0.1) is 5.92 Å². The largest absolute Gasteiger partial charge is 0.330 e. The molecule has 0 spiro atoms. The van der Waals surface area contributed by atoms with Crippen LogP contribution in [0.1, 0.15) is 31.4 Å². The number of piperidine rings is 1. The van der Waals surface area contributed by atoms with E-state index in [0.29, 0.717) is 19.6 Å². The van der Waals surface area contributed by atoms with Crippen molar-refractivity contribution >= 4 is 10.2 Å². The van der Waals surface area contributed by atoms with Gasteiger partial charge in [-0.2, -0.15) is 17.4 Å². The first kappa shape index (κ1) is 15.4. The van der Waals surface area contributed by atoms with Crippen molar-refractivity contribution in [1.29, 1.82) is 0 Å². The summed E-state index contributed by atoms with van der Waals surface area (Å²) in [5, 5.41) is 0. The molecule has 0 aliphatic carbocycles. The van der Waals surface area contributed by atoms with Gasteiger partial charge < -0.3 is 5.73 Å². The van der Waals surface area contributed by atoms with Gasteiger partial charge in [0.1, 0.15) is 0 Å². The summed E-state index contributed by atoms with van der Waals surface area (Å²) in [6.45, 7) is 3.44. The lowest BCUT2D eigenvalue weighted by Gasteiger charge is -2.32. The van der Waals surface area contributed by atoms with Gasteiger partial charge in [-0.3, -0.25) is 4.98 Å². The van der Waals surface area contributed by atoms with Crippen LogP contribution < -0.4 is 10.5 Å². The molecule has 0 bridgehead atoms. The molecule has 7 heteroatoms. The van der Waals surface area contributed by atoms with Crippen LogP contribution in [-0.4, -0.2) is 37.3 Å². The second-order valence-corrected chi connectivity index (χ2v) is 6.93. The molecule has 0 amide bonds. The minimum absolute atomic E-state index is 0.261. The maximum absolute atomic E-state index is 12.4. The fourth-order valence-corrected chi connectivity index (χ4v) is 3.96. The maximum Gasteiger partial charge on any atom is 0.280 e. The van der Waals surface area contributed by atoms with Gasteiger partial charge in [0.2, 0.25) is 0 Å². The topological polar surface area (TPSA) is 88.3 Å². The van der Waals surface area contributed by atoms with E-state index in [9.17, 15) is 8.42 Å².